The Bertz CT molecular complexity index is 379. The minimum atomic E-state index is 0.614. The third-order valence-corrected chi connectivity index (χ3v) is 3.05. The lowest BCUT2D eigenvalue weighted by Gasteiger charge is -2.11. The molecular formula is C20H37N3. The van der Waals surface area contributed by atoms with Gasteiger partial charge in [-0.3, -0.25) is 0 Å². The summed E-state index contributed by atoms with van der Waals surface area (Å²) in [5, 5.41) is 15.6. The minimum Gasteiger partial charge on any atom is -0.314 e. The highest BCUT2D eigenvalue weighted by atomic mass is 14.9. The van der Waals surface area contributed by atoms with Crippen LogP contribution in [-0.2, 0) is 6.54 Å². The Hall–Kier alpha value is -1.37. The molecule has 0 spiro atoms. The summed E-state index contributed by atoms with van der Waals surface area (Å²) >= 11 is 0. The van der Waals surface area contributed by atoms with Crippen molar-refractivity contribution in [3.8, 4) is 6.07 Å². The predicted octanol–water partition coefficient (Wildman–Crippen LogP) is 4.87. The average molecular weight is 320 g/mol. The molecule has 0 aliphatic heterocycles. The van der Waals surface area contributed by atoms with E-state index in [2.05, 4.69) is 44.4 Å². The maximum atomic E-state index is 8.69. The van der Waals surface area contributed by atoms with Crippen LogP contribution in [0.1, 0.15) is 71.9 Å². The van der Waals surface area contributed by atoms with E-state index in [1.54, 1.807) is 0 Å². The van der Waals surface area contributed by atoms with E-state index in [1.807, 2.05) is 38.1 Å². The Morgan fingerprint density at radius 2 is 1.61 bits per heavy atom. The van der Waals surface area contributed by atoms with Crippen molar-refractivity contribution in [2.24, 2.45) is 0 Å². The SMILES string of the molecule is CC.CCC.CCC(C)NCCCNCc1ccc(C#N)cc1. The Kier molecular flexibility index (Phi) is 19.4. The summed E-state index contributed by atoms with van der Waals surface area (Å²) in [7, 11) is 0. The Morgan fingerprint density at radius 1 is 1.04 bits per heavy atom. The van der Waals surface area contributed by atoms with Crippen molar-refractivity contribution in [2.45, 2.75) is 73.4 Å². The van der Waals surface area contributed by atoms with Gasteiger partial charge in [-0.15, -0.1) is 0 Å². The fraction of sp³-hybridized carbons (Fsp3) is 0.650. The summed E-state index contributed by atoms with van der Waals surface area (Å²) in [6, 6.07) is 10.5. The van der Waals surface area contributed by atoms with Crippen LogP contribution in [0.2, 0.25) is 0 Å². The molecule has 0 radical (unpaired) electrons. The van der Waals surface area contributed by atoms with Gasteiger partial charge < -0.3 is 10.6 Å². The second kappa shape index (κ2) is 18.7. The molecule has 0 bridgehead atoms. The van der Waals surface area contributed by atoms with Gasteiger partial charge in [-0.2, -0.15) is 5.26 Å². The number of nitrogens with zero attached hydrogens (tertiary/aromatic N) is 1. The van der Waals surface area contributed by atoms with E-state index >= 15 is 0 Å². The maximum Gasteiger partial charge on any atom is 0.0991 e. The third kappa shape index (κ3) is 15.3. The van der Waals surface area contributed by atoms with Crippen LogP contribution < -0.4 is 10.6 Å². The van der Waals surface area contributed by atoms with Crippen LogP contribution in [0.3, 0.4) is 0 Å². The van der Waals surface area contributed by atoms with Gasteiger partial charge in [0, 0.05) is 12.6 Å². The van der Waals surface area contributed by atoms with Crippen LogP contribution in [0, 0.1) is 11.3 Å². The summed E-state index contributed by atoms with van der Waals surface area (Å²) in [6.07, 6.45) is 3.57. The molecule has 0 fully saturated rings. The average Bonchev–Trinajstić information content (AvgIpc) is 2.60. The minimum absolute atomic E-state index is 0.614. The lowest BCUT2D eigenvalue weighted by molar-refractivity contribution is 0.512. The first-order valence-corrected chi connectivity index (χ1v) is 9.10. The van der Waals surface area contributed by atoms with Crippen LogP contribution in [0.5, 0.6) is 0 Å². The van der Waals surface area contributed by atoms with Crippen molar-refractivity contribution in [3.63, 3.8) is 0 Å². The summed E-state index contributed by atoms with van der Waals surface area (Å²) in [6.45, 7) is 15.6. The Labute approximate surface area is 144 Å². The zero-order valence-electron chi connectivity index (χ0n) is 16.1. The molecule has 3 heteroatoms. The molecule has 0 saturated carbocycles. The fourth-order valence-electron chi connectivity index (χ4n) is 1.64. The van der Waals surface area contributed by atoms with E-state index < -0.39 is 0 Å². The number of rotatable bonds is 8. The fourth-order valence-corrected chi connectivity index (χ4v) is 1.64. The van der Waals surface area contributed by atoms with Gasteiger partial charge in [0.1, 0.15) is 0 Å². The van der Waals surface area contributed by atoms with Crippen LogP contribution in [-0.4, -0.2) is 19.1 Å². The number of hydrogen-bond acceptors (Lipinski definition) is 3. The van der Waals surface area contributed by atoms with Crippen molar-refractivity contribution in [2.75, 3.05) is 13.1 Å². The smallest absolute Gasteiger partial charge is 0.0991 e. The molecular weight excluding hydrogens is 282 g/mol. The standard InChI is InChI=1S/C15H23N3.C3H8.C2H6/c1-3-13(2)18-10-4-9-17-12-15-7-5-14(11-16)6-8-15;1-3-2;1-2/h5-8,13,17-18H,3-4,9-10,12H2,1-2H3;3H2,1-2H3;1-2H3. The van der Waals surface area contributed by atoms with Gasteiger partial charge in [0.25, 0.3) is 0 Å². The number of nitrogens with one attached hydrogen (secondary N) is 2. The normalized spacial score (nSPS) is 10.5. The van der Waals surface area contributed by atoms with Crippen molar-refractivity contribution >= 4 is 0 Å². The first-order chi connectivity index (χ1) is 11.2. The summed E-state index contributed by atoms with van der Waals surface area (Å²) in [5.41, 5.74) is 1.94. The second-order valence-electron chi connectivity index (χ2n) is 5.31. The number of nitriles is 1. The molecule has 0 amide bonds. The van der Waals surface area contributed by atoms with Crippen molar-refractivity contribution in [3.05, 3.63) is 35.4 Å². The lowest BCUT2D eigenvalue weighted by atomic mass is 10.1. The largest absolute Gasteiger partial charge is 0.314 e. The van der Waals surface area contributed by atoms with E-state index in [0.717, 1.165) is 31.6 Å². The summed E-state index contributed by atoms with van der Waals surface area (Å²) in [5.74, 6) is 0. The van der Waals surface area contributed by atoms with Crippen LogP contribution in [0.15, 0.2) is 24.3 Å². The van der Waals surface area contributed by atoms with Crippen LogP contribution in [0.4, 0.5) is 0 Å². The first kappa shape index (κ1) is 23.9. The molecule has 1 atom stereocenters. The number of benzene rings is 1. The van der Waals surface area contributed by atoms with Crippen LogP contribution >= 0.6 is 0 Å². The van der Waals surface area contributed by atoms with Crippen molar-refractivity contribution < 1.29 is 0 Å². The highest BCUT2D eigenvalue weighted by Gasteiger charge is 1.96. The first-order valence-electron chi connectivity index (χ1n) is 9.10. The molecule has 0 heterocycles. The van der Waals surface area contributed by atoms with Gasteiger partial charge in [0.15, 0.2) is 0 Å². The molecule has 23 heavy (non-hydrogen) atoms. The van der Waals surface area contributed by atoms with Gasteiger partial charge >= 0.3 is 0 Å². The topological polar surface area (TPSA) is 47.8 Å². The van der Waals surface area contributed by atoms with Crippen molar-refractivity contribution in [1.29, 1.82) is 5.26 Å². The monoisotopic (exact) mass is 319 g/mol. The van der Waals surface area contributed by atoms with Gasteiger partial charge in [0.05, 0.1) is 11.6 Å². The van der Waals surface area contributed by atoms with Gasteiger partial charge in [-0.25, -0.2) is 0 Å². The lowest BCUT2D eigenvalue weighted by Crippen LogP contribution is -2.28. The quantitative estimate of drug-likeness (QED) is 0.672. The third-order valence-electron chi connectivity index (χ3n) is 3.05. The van der Waals surface area contributed by atoms with Gasteiger partial charge in [0.2, 0.25) is 0 Å². The van der Waals surface area contributed by atoms with Crippen LogP contribution in [0.25, 0.3) is 0 Å². The van der Waals surface area contributed by atoms with E-state index in [1.165, 1.54) is 18.4 Å². The second-order valence-corrected chi connectivity index (χ2v) is 5.31. The van der Waals surface area contributed by atoms with Gasteiger partial charge in [-0.05, 0) is 50.6 Å². The molecule has 1 aromatic rings. The highest BCUT2D eigenvalue weighted by molar-refractivity contribution is 5.31. The zero-order chi connectivity index (χ0) is 17.9. The Balaban J connectivity index is 0. The molecule has 132 valence electrons. The molecule has 0 aromatic heterocycles. The van der Waals surface area contributed by atoms with Crippen molar-refractivity contribution in [1.82, 2.24) is 10.6 Å². The Morgan fingerprint density at radius 3 is 2.09 bits per heavy atom. The van der Waals surface area contributed by atoms with E-state index in [0.29, 0.717) is 6.04 Å². The summed E-state index contributed by atoms with van der Waals surface area (Å²) in [4.78, 5) is 0. The molecule has 2 N–H and O–H groups in total. The number of hydrogen-bond donors (Lipinski definition) is 2. The van der Waals surface area contributed by atoms with E-state index in [-0.39, 0.29) is 0 Å². The summed E-state index contributed by atoms with van der Waals surface area (Å²) < 4.78 is 0. The predicted molar refractivity (Wildman–Crippen MR) is 103 cm³/mol. The molecule has 1 rings (SSSR count). The highest BCUT2D eigenvalue weighted by Crippen LogP contribution is 2.02. The van der Waals surface area contributed by atoms with Gasteiger partial charge in [-0.1, -0.05) is 53.2 Å². The van der Waals surface area contributed by atoms with E-state index in [9.17, 15) is 0 Å². The molecule has 0 aliphatic carbocycles. The molecule has 3 nitrogen and oxygen atoms in total. The molecule has 0 saturated heterocycles. The van der Waals surface area contributed by atoms with E-state index in [4.69, 9.17) is 5.26 Å². The zero-order valence-corrected chi connectivity index (χ0v) is 16.1. The molecule has 0 aliphatic rings. The molecule has 1 aromatic carbocycles. The molecule has 1 unspecified atom stereocenters. The maximum absolute atomic E-state index is 8.69.